The number of esters is 1. The number of carboxylic acids is 3. The highest BCUT2D eigenvalue weighted by molar-refractivity contribution is 5.76. The van der Waals surface area contributed by atoms with Gasteiger partial charge in [0.1, 0.15) is 0 Å². The third-order valence-electron chi connectivity index (χ3n) is 3.36. The molecule has 0 aliphatic carbocycles. The van der Waals surface area contributed by atoms with Crippen LogP contribution in [0.4, 0.5) is 0 Å². The van der Waals surface area contributed by atoms with Gasteiger partial charge >= 0.3 is 23.9 Å². The normalized spacial score (nSPS) is 9.73. The molecule has 0 atom stereocenters. The van der Waals surface area contributed by atoms with E-state index in [1.807, 2.05) is 0 Å². The molecular weight excluding hydrogens is 344 g/mol. The molecule has 26 heavy (non-hydrogen) atoms. The molecule has 152 valence electrons. The Bertz CT molecular complexity index is 392. The van der Waals surface area contributed by atoms with Gasteiger partial charge in [0.25, 0.3) is 0 Å². The Balaban J connectivity index is 0. The average molecular weight is 376 g/mol. The number of ether oxygens (including phenoxy) is 1. The van der Waals surface area contributed by atoms with Crippen molar-refractivity contribution in [2.45, 2.75) is 84.0 Å². The van der Waals surface area contributed by atoms with Crippen LogP contribution >= 0.6 is 0 Å². The van der Waals surface area contributed by atoms with Crippen molar-refractivity contribution in [2.24, 2.45) is 0 Å². The Morgan fingerprint density at radius 1 is 0.615 bits per heavy atom. The number of unbranched alkanes of at least 4 members (excludes halogenated alkanes) is 7. The van der Waals surface area contributed by atoms with Gasteiger partial charge in [0.2, 0.25) is 0 Å². The van der Waals surface area contributed by atoms with Crippen molar-refractivity contribution >= 4 is 23.9 Å². The minimum absolute atomic E-state index is 0.0215. The summed E-state index contributed by atoms with van der Waals surface area (Å²) >= 11 is 0. The summed E-state index contributed by atoms with van der Waals surface area (Å²) in [7, 11) is 0. The Hall–Kier alpha value is -2.12. The largest absolute Gasteiger partial charge is 0.481 e. The van der Waals surface area contributed by atoms with E-state index in [1.165, 1.54) is 38.5 Å². The smallest absolute Gasteiger partial charge is 0.306 e. The van der Waals surface area contributed by atoms with Crippen LogP contribution in [-0.2, 0) is 23.9 Å². The molecule has 0 radical (unpaired) electrons. The molecule has 3 N–H and O–H groups in total. The number of carbonyl (C=O) groups is 4. The van der Waals surface area contributed by atoms with E-state index in [4.69, 9.17) is 20.1 Å². The van der Waals surface area contributed by atoms with Crippen LogP contribution in [0.15, 0.2) is 0 Å². The van der Waals surface area contributed by atoms with Gasteiger partial charge in [0.15, 0.2) is 0 Å². The first-order valence-electron chi connectivity index (χ1n) is 9.10. The van der Waals surface area contributed by atoms with Gasteiger partial charge in [-0.3, -0.25) is 19.2 Å². The number of aliphatic carboxylic acids is 3. The van der Waals surface area contributed by atoms with Crippen LogP contribution in [0.2, 0.25) is 0 Å². The third-order valence-corrected chi connectivity index (χ3v) is 3.36. The minimum Gasteiger partial charge on any atom is -0.481 e. The van der Waals surface area contributed by atoms with Crippen molar-refractivity contribution in [3.05, 3.63) is 0 Å². The van der Waals surface area contributed by atoms with Crippen molar-refractivity contribution in [3.63, 3.8) is 0 Å². The molecule has 0 aliphatic rings. The molecule has 0 aliphatic heterocycles. The van der Waals surface area contributed by atoms with E-state index in [9.17, 15) is 19.2 Å². The van der Waals surface area contributed by atoms with Crippen molar-refractivity contribution < 1.29 is 39.2 Å². The van der Waals surface area contributed by atoms with Crippen LogP contribution in [0.5, 0.6) is 0 Å². The zero-order valence-corrected chi connectivity index (χ0v) is 15.6. The Labute approximate surface area is 154 Å². The van der Waals surface area contributed by atoms with Crippen molar-refractivity contribution in [1.82, 2.24) is 0 Å². The predicted molar refractivity (Wildman–Crippen MR) is 94.9 cm³/mol. The highest BCUT2D eigenvalue weighted by atomic mass is 16.5. The molecule has 0 unspecified atom stereocenters. The van der Waals surface area contributed by atoms with E-state index in [0.717, 1.165) is 12.8 Å². The summed E-state index contributed by atoms with van der Waals surface area (Å²) in [5, 5.41) is 24.2. The minimum atomic E-state index is -1.08. The summed E-state index contributed by atoms with van der Waals surface area (Å²) in [5.74, 6) is -3.51. The second-order valence-corrected chi connectivity index (χ2v) is 5.88. The van der Waals surface area contributed by atoms with E-state index in [2.05, 4.69) is 6.92 Å². The van der Waals surface area contributed by atoms with Crippen molar-refractivity contribution in [3.8, 4) is 0 Å². The number of hydrogen-bond donors (Lipinski definition) is 3. The lowest BCUT2D eigenvalue weighted by molar-refractivity contribution is -0.147. The van der Waals surface area contributed by atoms with Crippen molar-refractivity contribution in [1.29, 1.82) is 0 Å². The second-order valence-electron chi connectivity index (χ2n) is 5.88. The predicted octanol–water partition coefficient (Wildman–Crippen LogP) is 3.47. The molecule has 0 aromatic rings. The summed E-state index contributed by atoms with van der Waals surface area (Å²) in [6.45, 7) is 2.63. The number of hydrogen-bond acceptors (Lipinski definition) is 5. The lowest BCUT2D eigenvalue weighted by atomic mass is 10.1. The SMILES string of the molecule is CCCCCCCCCCOC(=O)CCC(=O)O.O=C(O)CCC(=O)O. The molecule has 8 heteroatoms. The molecule has 0 aromatic heterocycles. The van der Waals surface area contributed by atoms with E-state index in [0.29, 0.717) is 6.61 Å². The van der Waals surface area contributed by atoms with Gasteiger partial charge in [-0.25, -0.2) is 0 Å². The topological polar surface area (TPSA) is 138 Å². The second kappa shape index (κ2) is 19.2. The van der Waals surface area contributed by atoms with Gasteiger partial charge in [0.05, 0.1) is 32.3 Å². The lowest BCUT2D eigenvalue weighted by Crippen LogP contribution is -2.08. The Morgan fingerprint density at radius 2 is 1.00 bits per heavy atom. The maximum Gasteiger partial charge on any atom is 0.306 e. The fourth-order valence-corrected chi connectivity index (χ4v) is 1.92. The van der Waals surface area contributed by atoms with Crippen LogP contribution in [0, 0.1) is 0 Å². The molecule has 0 heterocycles. The molecule has 0 fully saturated rings. The summed E-state index contributed by atoms with van der Waals surface area (Å²) < 4.78 is 4.94. The zero-order valence-electron chi connectivity index (χ0n) is 15.6. The average Bonchev–Trinajstić information content (AvgIpc) is 2.57. The van der Waals surface area contributed by atoms with Gasteiger partial charge in [-0.15, -0.1) is 0 Å². The first kappa shape index (κ1) is 26.1. The fourth-order valence-electron chi connectivity index (χ4n) is 1.92. The summed E-state index contributed by atoms with van der Waals surface area (Å²) in [6, 6.07) is 0. The van der Waals surface area contributed by atoms with Crippen LogP contribution in [0.3, 0.4) is 0 Å². The van der Waals surface area contributed by atoms with Gasteiger partial charge in [-0.05, 0) is 6.42 Å². The number of carboxylic acid groups (broad SMARTS) is 3. The van der Waals surface area contributed by atoms with Gasteiger partial charge in [-0.1, -0.05) is 51.9 Å². The van der Waals surface area contributed by atoms with Crippen LogP contribution in [0.1, 0.15) is 84.0 Å². The molecule has 0 amide bonds. The van der Waals surface area contributed by atoms with Gasteiger partial charge in [-0.2, -0.15) is 0 Å². The molecule has 0 aromatic carbocycles. The molecule has 0 spiro atoms. The molecule has 8 nitrogen and oxygen atoms in total. The standard InChI is InChI=1S/C14H26O4.C4H6O4/c1-2-3-4-5-6-7-8-9-12-18-14(17)11-10-13(15)16;5-3(6)1-2-4(7)8/h2-12H2,1H3,(H,15,16);1-2H2,(H,5,6)(H,7,8). The summed E-state index contributed by atoms with van der Waals surface area (Å²) in [5.41, 5.74) is 0. The van der Waals surface area contributed by atoms with Gasteiger partial charge in [0, 0.05) is 0 Å². The maximum absolute atomic E-state index is 11.1. The van der Waals surface area contributed by atoms with E-state index < -0.39 is 23.9 Å². The molecule has 0 saturated carbocycles. The monoisotopic (exact) mass is 376 g/mol. The summed E-state index contributed by atoms with van der Waals surface area (Å²) in [4.78, 5) is 40.6. The Morgan fingerprint density at radius 3 is 1.42 bits per heavy atom. The van der Waals surface area contributed by atoms with E-state index in [-0.39, 0.29) is 25.7 Å². The number of carbonyl (C=O) groups excluding carboxylic acids is 1. The highest BCUT2D eigenvalue weighted by Gasteiger charge is 2.05. The molecule has 0 saturated heterocycles. The van der Waals surface area contributed by atoms with Crippen LogP contribution in [-0.4, -0.2) is 45.8 Å². The maximum atomic E-state index is 11.1. The first-order chi connectivity index (χ1) is 12.3. The third kappa shape index (κ3) is 26.8. The lowest BCUT2D eigenvalue weighted by Gasteiger charge is -2.04. The van der Waals surface area contributed by atoms with Crippen LogP contribution in [0.25, 0.3) is 0 Å². The fraction of sp³-hybridized carbons (Fsp3) is 0.778. The van der Waals surface area contributed by atoms with E-state index >= 15 is 0 Å². The summed E-state index contributed by atoms with van der Waals surface area (Å²) in [6.07, 6.45) is 8.86. The van der Waals surface area contributed by atoms with Gasteiger partial charge < -0.3 is 20.1 Å². The zero-order chi connectivity index (χ0) is 20.2. The number of rotatable bonds is 15. The van der Waals surface area contributed by atoms with Crippen LogP contribution < -0.4 is 0 Å². The highest BCUT2D eigenvalue weighted by Crippen LogP contribution is 2.08. The molecular formula is C18H32O8. The quantitative estimate of drug-likeness (QED) is 0.292. The van der Waals surface area contributed by atoms with Crippen molar-refractivity contribution in [2.75, 3.05) is 6.61 Å². The Kier molecular flexibility index (Phi) is 19.3. The molecule has 0 rings (SSSR count). The first-order valence-corrected chi connectivity index (χ1v) is 9.10. The van der Waals surface area contributed by atoms with E-state index in [1.54, 1.807) is 0 Å². The molecule has 0 bridgehead atoms.